The van der Waals surface area contributed by atoms with Crippen molar-refractivity contribution in [2.24, 2.45) is 0 Å². The maximum Gasteiger partial charge on any atom is 0.128 e. The third-order valence-electron chi connectivity index (χ3n) is 4.19. The summed E-state index contributed by atoms with van der Waals surface area (Å²) in [5.74, 6) is 1.74. The van der Waals surface area contributed by atoms with Gasteiger partial charge in [0, 0.05) is 23.7 Å². The summed E-state index contributed by atoms with van der Waals surface area (Å²) in [6, 6.07) is 14.0. The highest BCUT2D eigenvalue weighted by atomic mass is 19.1. The number of hydrogen-bond donors (Lipinski definition) is 2. The summed E-state index contributed by atoms with van der Waals surface area (Å²) < 4.78 is 26.0. The van der Waals surface area contributed by atoms with Gasteiger partial charge in [-0.3, -0.25) is 0 Å². The Labute approximate surface area is 157 Å². The van der Waals surface area contributed by atoms with Crippen molar-refractivity contribution in [3.8, 4) is 22.8 Å². The van der Waals surface area contributed by atoms with E-state index in [0.717, 1.165) is 17.0 Å². The number of nitrogens with one attached hydrogen (secondary N) is 1. The van der Waals surface area contributed by atoms with E-state index in [1.54, 1.807) is 31.0 Å². The summed E-state index contributed by atoms with van der Waals surface area (Å²) in [4.78, 5) is 0. The number of hydrogen-bond acceptors (Lipinski definition) is 5. The molecule has 3 aromatic rings. The topological polar surface area (TPSA) is 68.5 Å². The number of rotatable bonds is 8. The average Bonchev–Trinajstić information content (AvgIpc) is 3.10. The lowest BCUT2D eigenvalue weighted by atomic mass is 10.1. The van der Waals surface area contributed by atoms with Gasteiger partial charge in [0.15, 0.2) is 0 Å². The lowest BCUT2D eigenvalue weighted by molar-refractivity contribution is 0.270. The highest BCUT2D eigenvalue weighted by molar-refractivity contribution is 5.64. The molecule has 6 nitrogen and oxygen atoms in total. The molecule has 0 radical (unpaired) electrons. The van der Waals surface area contributed by atoms with Crippen LogP contribution in [0.5, 0.6) is 11.5 Å². The SMILES string of the molecule is COc1ccc(-c2cc(NCc3cc(OC)ccc3F)n(CCO)n2)cc1. The normalized spacial score (nSPS) is 10.7. The summed E-state index contributed by atoms with van der Waals surface area (Å²) in [5, 5.41) is 17.0. The first kappa shape index (κ1) is 18.7. The van der Waals surface area contributed by atoms with E-state index in [4.69, 9.17) is 9.47 Å². The first-order valence-corrected chi connectivity index (χ1v) is 8.54. The van der Waals surface area contributed by atoms with Crippen LogP contribution in [0, 0.1) is 5.82 Å². The molecule has 0 aliphatic carbocycles. The van der Waals surface area contributed by atoms with E-state index in [1.165, 1.54) is 6.07 Å². The summed E-state index contributed by atoms with van der Waals surface area (Å²) in [5.41, 5.74) is 2.15. The van der Waals surface area contributed by atoms with E-state index < -0.39 is 0 Å². The lowest BCUT2D eigenvalue weighted by Crippen LogP contribution is -2.11. The van der Waals surface area contributed by atoms with Gasteiger partial charge in [-0.2, -0.15) is 5.10 Å². The highest BCUT2D eigenvalue weighted by Crippen LogP contribution is 2.25. The summed E-state index contributed by atoms with van der Waals surface area (Å²) in [6.45, 7) is 0.549. The molecule has 1 heterocycles. The molecular weight excluding hydrogens is 349 g/mol. The van der Waals surface area contributed by atoms with Crippen molar-refractivity contribution in [2.45, 2.75) is 13.1 Å². The van der Waals surface area contributed by atoms with Crippen LogP contribution >= 0.6 is 0 Å². The van der Waals surface area contributed by atoms with Gasteiger partial charge in [0.2, 0.25) is 0 Å². The third kappa shape index (κ3) is 4.38. The zero-order chi connectivity index (χ0) is 19.2. The average molecular weight is 371 g/mol. The first-order chi connectivity index (χ1) is 13.1. The van der Waals surface area contributed by atoms with Crippen molar-refractivity contribution in [1.29, 1.82) is 0 Å². The molecule has 1 aromatic heterocycles. The number of benzene rings is 2. The Bertz CT molecular complexity index is 894. The van der Waals surface area contributed by atoms with Crippen LogP contribution in [0.3, 0.4) is 0 Å². The van der Waals surface area contributed by atoms with Crippen LogP contribution in [0.15, 0.2) is 48.5 Å². The summed E-state index contributed by atoms with van der Waals surface area (Å²) in [6.07, 6.45) is 0. The van der Waals surface area contributed by atoms with Crippen molar-refractivity contribution in [1.82, 2.24) is 9.78 Å². The number of aliphatic hydroxyl groups is 1. The van der Waals surface area contributed by atoms with Gasteiger partial charge in [-0.05, 0) is 42.5 Å². The summed E-state index contributed by atoms with van der Waals surface area (Å²) in [7, 11) is 3.16. The van der Waals surface area contributed by atoms with Gasteiger partial charge in [0.25, 0.3) is 0 Å². The molecule has 7 heteroatoms. The van der Waals surface area contributed by atoms with E-state index in [1.807, 2.05) is 30.3 Å². The number of methoxy groups -OCH3 is 2. The van der Waals surface area contributed by atoms with Crippen LogP contribution in [-0.2, 0) is 13.1 Å². The molecule has 0 spiro atoms. The van der Waals surface area contributed by atoms with Crippen molar-refractivity contribution in [3.05, 3.63) is 59.9 Å². The molecule has 0 amide bonds. The number of aromatic nitrogens is 2. The number of ether oxygens (including phenoxy) is 2. The zero-order valence-corrected chi connectivity index (χ0v) is 15.3. The minimum absolute atomic E-state index is 0.0497. The quantitative estimate of drug-likeness (QED) is 0.636. The Morgan fingerprint density at radius 2 is 1.74 bits per heavy atom. The van der Waals surface area contributed by atoms with E-state index in [0.29, 0.717) is 23.7 Å². The second-order valence-electron chi connectivity index (χ2n) is 5.90. The molecule has 0 atom stereocenters. The number of anilines is 1. The molecule has 2 N–H and O–H groups in total. The fourth-order valence-electron chi connectivity index (χ4n) is 2.73. The Hall–Kier alpha value is -3.06. The van der Waals surface area contributed by atoms with Gasteiger partial charge in [-0.25, -0.2) is 9.07 Å². The van der Waals surface area contributed by atoms with Crippen LogP contribution in [0.25, 0.3) is 11.3 Å². The third-order valence-corrected chi connectivity index (χ3v) is 4.19. The van der Waals surface area contributed by atoms with Gasteiger partial charge in [0.1, 0.15) is 23.1 Å². The molecule has 0 fully saturated rings. The van der Waals surface area contributed by atoms with Crippen molar-refractivity contribution in [3.63, 3.8) is 0 Å². The van der Waals surface area contributed by atoms with E-state index in [9.17, 15) is 9.50 Å². The molecule has 0 aliphatic heterocycles. The molecule has 2 aromatic carbocycles. The Morgan fingerprint density at radius 1 is 1.04 bits per heavy atom. The number of aliphatic hydroxyl groups excluding tert-OH is 1. The minimum atomic E-state index is -0.313. The van der Waals surface area contributed by atoms with Gasteiger partial charge in [-0.1, -0.05) is 0 Å². The van der Waals surface area contributed by atoms with Crippen molar-refractivity contribution in [2.75, 3.05) is 26.1 Å². The minimum Gasteiger partial charge on any atom is -0.497 e. The standard InChI is InChI=1S/C20H22FN3O3/c1-26-16-5-3-14(4-6-16)19-12-20(24(23-19)9-10-25)22-13-15-11-17(27-2)7-8-18(15)21/h3-8,11-12,22,25H,9-10,13H2,1-2H3. The van der Waals surface area contributed by atoms with E-state index >= 15 is 0 Å². The van der Waals surface area contributed by atoms with Crippen LogP contribution in [0.2, 0.25) is 0 Å². The fourth-order valence-corrected chi connectivity index (χ4v) is 2.73. The smallest absolute Gasteiger partial charge is 0.128 e. The van der Waals surface area contributed by atoms with Gasteiger partial charge in [-0.15, -0.1) is 0 Å². The van der Waals surface area contributed by atoms with E-state index in [-0.39, 0.29) is 19.0 Å². The van der Waals surface area contributed by atoms with Crippen molar-refractivity contribution >= 4 is 5.82 Å². The molecule has 0 saturated heterocycles. The van der Waals surface area contributed by atoms with Gasteiger partial charge in [0.05, 0.1) is 33.1 Å². The number of nitrogens with zero attached hydrogens (tertiary/aromatic N) is 2. The van der Waals surface area contributed by atoms with Gasteiger partial charge >= 0.3 is 0 Å². The molecule has 3 rings (SSSR count). The highest BCUT2D eigenvalue weighted by Gasteiger charge is 2.11. The maximum atomic E-state index is 14.0. The lowest BCUT2D eigenvalue weighted by Gasteiger charge is -2.10. The van der Waals surface area contributed by atoms with Crippen LogP contribution < -0.4 is 14.8 Å². The second kappa shape index (κ2) is 8.55. The monoisotopic (exact) mass is 371 g/mol. The van der Waals surface area contributed by atoms with Gasteiger partial charge < -0.3 is 19.9 Å². The Kier molecular flexibility index (Phi) is 5.93. The molecule has 0 bridgehead atoms. The zero-order valence-electron chi connectivity index (χ0n) is 15.3. The van der Waals surface area contributed by atoms with E-state index in [2.05, 4.69) is 10.4 Å². The summed E-state index contributed by atoms with van der Waals surface area (Å²) >= 11 is 0. The molecule has 0 aliphatic rings. The largest absolute Gasteiger partial charge is 0.497 e. The fraction of sp³-hybridized carbons (Fsp3) is 0.250. The molecule has 27 heavy (non-hydrogen) atoms. The molecule has 0 saturated carbocycles. The molecule has 142 valence electrons. The van der Waals surface area contributed by atoms with Crippen LogP contribution in [0.1, 0.15) is 5.56 Å². The Balaban J connectivity index is 1.82. The van der Waals surface area contributed by atoms with Crippen LogP contribution in [0.4, 0.5) is 10.2 Å². The Morgan fingerprint density at radius 3 is 2.41 bits per heavy atom. The second-order valence-corrected chi connectivity index (χ2v) is 5.90. The predicted octanol–water partition coefficient (Wildman–Crippen LogP) is 3.31. The first-order valence-electron chi connectivity index (χ1n) is 8.54. The molecular formula is C20H22FN3O3. The van der Waals surface area contributed by atoms with Crippen molar-refractivity contribution < 1.29 is 19.0 Å². The van der Waals surface area contributed by atoms with Crippen LogP contribution in [-0.4, -0.2) is 35.7 Å². The maximum absolute atomic E-state index is 14.0. The molecule has 0 unspecified atom stereocenters. The number of halogens is 1. The predicted molar refractivity (Wildman–Crippen MR) is 102 cm³/mol.